The van der Waals surface area contributed by atoms with Gasteiger partial charge in [-0.2, -0.15) is 0 Å². The van der Waals surface area contributed by atoms with Crippen molar-refractivity contribution in [3.05, 3.63) is 71.2 Å². The highest BCUT2D eigenvalue weighted by Gasteiger charge is 2.46. The fourth-order valence-corrected chi connectivity index (χ4v) is 5.09. The maximum atomic E-state index is 13.3. The molecule has 3 aromatic rings. The van der Waals surface area contributed by atoms with E-state index in [0.29, 0.717) is 44.0 Å². The Kier molecular flexibility index (Phi) is 6.55. The van der Waals surface area contributed by atoms with Crippen molar-refractivity contribution in [1.82, 2.24) is 15.2 Å². The molecule has 0 saturated carbocycles. The van der Waals surface area contributed by atoms with Gasteiger partial charge >= 0.3 is 0 Å². The van der Waals surface area contributed by atoms with Crippen molar-refractivity contribution in [1.29, 1.82) is 0 Å². The topological polar surface area (TPSA) is 71.5 Å². The van der Waals surface area contributed by atoms with Gasteiger partial charge in [0.15, 0.2) is 0 Å². The SMILES string of the molecule is CCOc1ncccc1C(=O)N1CC[C@](Cc2cccc(-c3cccs3)c2)(C(=O)NC)C1. The van der Waals surface area contributed by atoms with Crippen molar-refractivity contribution in [2.24, 2.45) is 5.41 Å². The Labute approximate surface area is 192 Å². The Morgan fingerprint density at radius 2 is 2.09 bits per heavy atom. The van der Waals surface area contributed by atoms with Crippen LogP contribution in [0.4, 0.5) is 0 Å². The van der Waals surface area contributed by atoms with Crippen molar-refractivity contribution in [2.75, 3.05) is 26.7 Å². The van der Waals surface area contributed by atoms with E-state index in [9.17, 15) is 9.59 Å². The highest BCUT2D eigenvalue weighted by molar-refractivity contribution is 7.13. The van der Waals surface area contributed by atoms with E-state index in [2.05, 4.69) is 39.9 Å². The average Bonchev–Trinajstić information content (AvgIpc) is 3.50. The average molecular weight is 450 g/mol. The van der Waals surface area contributed by atoms with Crippen molar-refractivity contribution >= 4 is 23.2 Å². The predicted octanol–water partition coefficient (Wildman–Crippen LogP) is 4.03. The lowest BCUT2D eigenvalue weighted by atomic mass is 9.79. The Morgan fingerprint density at radius 1 is 1.22 bits per heavy atom. The molecule has 1 saturated heterocycles. The Balaban J connectivity index is 1.58. The summed E-state index contributed by atoms with van der Waals surface area (Å²) in [6, 6.07) is 15.9. The molecule has 3 heterocycles. The van der Waals surface area contributed by atoms with Crippen LogP contribution in [0.2, 0.25) is 0 Å². The molecule has 1 atom stereocenters. The number of thiophene rings is 1. The second-order valence-corrected chi connectivity index (χ2v) is 8.93. The van der Waals surface area contributed by atoms with Gasteiger partial charge in [0.1, 0.15) is 5.56 Å². The van der Waals surface area contributed by atoms with Crippen LogP contribution in [0, 0.1) is 5.41 Å². The van der Waals surface area contributed by atoms with Crippen molar-refractivity contribution in [3.63, 3.8) is 0 Å². The minimum Gasteiger partial charge on any atom is -0.477 e. The third kappa shape index (κ3) is 4.39. The van der Waals surface area contributed by atoms with Gasteiger partial charge in [0.05, 0.1) is 12.0 Å². The summed E-state index contributed by atoms with van der Waals surface area (Å²) < 4.78 is 5.55. The zero-order valence-electron chi connectivity index (χ0n) is 18.3. The summed E-state index contributed by atoms with van der Waals surface area (Å²) in [6.07, 6.45) is 2.79. The highest BCUT2D eigenvalue weighted by Crippen LogP contribution is 2.37. The number of hydrogen-bond donors (Lipinski definition) is 1. The summed E-state index contributed by atoms with van der Waals surface area (Å²) in [5.74, 6) is 0.145. The largest absolute Gasteiger partial charge is 0.477 e. The molecule has 2 amide bonds. The van der Waals surface area contributed by atoms with Gasteiger partial charge in [0.2, 0.25) is 11.8 Å². The van der Waals surface area contributed by atoms with Crippen molar-refractivity contribution in [2.45, 2.75) is 19.8 Å². The predicted molar refractivity (Wildman–Crippen MR) is 126 cm³/mol. The van der Waals surface area contributed by atoms with Crippen LogP contribution >= 0.6 is 11.3 Å². The fraction of sp³-hybridized carbons (Fsp3) is 0.320. The molecule has 1 fully saturated rings. The van der Waals surface area contributed by atoms with E-state index >= 15 is 0 Å². The van der Waals surface area contributed by atoms with Crippen molar-refractivity contribution < 1.29 is 14.3 Å². The highest BCUT2D eigenvalue weighted by atomic mass is 32.1. The molecular formula is C25H27N3O3S. The lowest BCUT2D eigenvalue weighted by Crippen LogP contribution is -2.44. The number of amides is 2. The molecule has 0 spiro atoms. The third-order valence-electron chi connectivity index (χ3n) is 5.91. The molecule has 1 N–H and O–H groups in total. The molecule has 1 aliphatic rings. The molecule has 0 aliphatic carbocycles. The smallest absolute Gasteiger partial charge is 0.259 e. The monoisotopic (exact) mass is 449 g/mol. The molecule has 6 nitrogen and oxygen atoms in total. The van der Waals surface area contributed by atoms with Crippen LogP contribution < -0.4 is 10.1 Å². The minimum atomic E-state index is -0.674. The summed E-state index contributed by atoms with van der Waals surface area (Å²) in [7, 11) is 1.66. The van der Waals surface area contributed by atoms with Crippen molar-refractivity contribution in [3.8, 4) is 16.3 Å². The fourth-order valence-electron chi connectivity index (χ4n) is 4.36. The number of carbonyl (C=O) groups excluding carboxylic acids is 2. The third-order valence-corrected chi connectivity index (χ3v) is 6.83. The number of ether oxygens (including phenoxy) is 1. The maximum absolute atomic E-state index is 13.3. The van der Waals surface area contributed by atoms with Gasteiger partial charge in [-0.3, -0.25) is 9.59 Å². The molecule has 4 rings (SSSR count). The van der Waals surface area contributed by atoms with E-state index in [1.54, 1.807) is 41.6 Å². The molecule has 0 unspecified atom stereocenters. The molecule has 32 heavy (non-hydrogen) atoms. The van der Waals surface area contributed by atoms with Crippen LogP contribution in [0.25, 0.3) is 10.4 Å². The maximum Gasteiger partial charge on any atom is 0.259 e. The molecule has 166 valence electrons. The number of hydrogen-bond acceptors (Lipinski definition) is 5. The van der Waals surface area contributed by atoms with Crippen LogP contribution in [0.15, 0.2) is 60.1 Å². The standard InChI is InChI=1S/C25H27N3O3S/c1-3-31-22-20(9-5-12-27-22)23(29)28-13-11-25(17-28,24(30)26-2)16-18-7-4-8-19(15-18)21-10-6-14-32-21/h4-10,12,14-15H,3,11,13,16-17H2,1-2H3,(H,26,30)/t25-/m1/s1. The van der Waals surface area contributed by atoms with Crippen LogP contribution in [-0.2, 0) is 11.2 Å². The van der Waals surface area contributed by atoms with E-state index in [-0.39, 0.29) is 11.8 Å². The zero-order chi connectivity index (χ0) is 22.6. The van der Waals surface area contributed by atoms with E-state index in [1.807, 2.05) is 19.1 Å². The molecule has 0 radical (unpaired) electrons. The summed E-state index contributed by atoms with van der Waals surface area (Å²) in [4.78, 5) is 33.5. The van der Waals surface area contributed by atoms with Crippen LogP contribution in [-0.4, -0.2) is 48.4 Å². The Morgan fingerprint density at radius 3 is 2.84 bits per heavy atom. The van der Waals surface area contributed by atoms with Gasteiger partial charge in [0.25, 0.3) is 5.91 Å². The number of nitrogens with one attached hydrogen (secondary N) is 1. The number of nitrogens with zero attached hydrogens (tertiary/aromatic N) is 2. The Hall–Kier alpha value is -3.19. The molecule has 1 aliphatic heterocycles. The van der Waals surface area contributed by atoms with E-state index in [1.165, 1.54) is 4.88 Å². The first-order valence-corrected chi connectivity index (χ1v) is 11.7. The lowest BCUT2D eigenvalue weighted by Gasteiger charge is -2.28. The number of pyridine rings is 1. The second-order valence-electron chi connectivity index (χ2n) is 7.98. The first-order valence-electron chi connectivity index (χ1n) is 10.8. The lowest BCUT2D eigenvalue weighted by molar-refractivity contribution is -0.129. The van der Waals surface area contributed by atoms with Crippen LogP contribution in [0.1, 0.15) is 29.3 Å². The first kappa shape index (κ1) is 22.0. The van der Waals surface area contributed by atoms with Crippen LogP contribution in [0.3, 0.4) is 0 Å². The van der Waals surface area contributed by atoms with Gasteiger partial charge in [-0.15, -0.1) is 11.3 Å². The summed E-state index contributed by atoms with van der Waals surface area (Å²) in [6.45, 7) is 3.16. The van der Waals surface area contributed by atoms with E-state index in [4.69, 9.17) is 4.74 Å². The molecule has 2 aromatic heterocycles. The minimum absolute atomic E-state index is 0.0365. The van der Waals surface area contributed by atoms with Gasteiger partial charge in [0, 0.05) is 31.2 Å². The number of likely N-dealkylation sites (tertiary alicyclic amines) is 1. The quantitative estimate of drug-likeness (QED) is 0.591. The zero-order valence-corrected chi connectivity index (χ0v) is 19.2. The second kappa shape index (κ2) is 9.53. The normalized spacial score (nSPS) is 17.9. The van der Waals surface area contributed by atoms with Gasteiger partial charge in [-0.1, -0.05) is 30.3 Å². The molecule has 0 bridgehead atoms. The number of benzene rings is 1. The van der Waals surface area contributed by atoms with E-state index in [0.717, 1.165) is 11.1 Å². The summed E-state index contributed by atoms with van der Waals surface area (Å²) in [5.41, 5.74) is 1.99. The van der Waals surface area contributed by atoms with Gasteiger partial charge in [-0.25, -0.2) is 4.98 Å². The number of aromatic nitrogens is 1. The number of rotatable bonds is 7. The van der Waals surface area contributed by atoms with Gasteiger partial charge < -0.3 is 15.0 Å². The molecule has 7 heteroatoms. The molecule has 1 aromatic carbocycles. The Bertz CT molecular complexity index is 1100. The summed E-state index contributed by atoms with van der Waals surface area (Å²) in [5, 5.41) is 4.89. The summed E-state index contributed by atoms with van der Waals surface area (Å²) >= 11 is 1.69. The number of carbonyl (C=O) groups is 2. The van der Waals surface area contributed by atoms with Gasteiger partial charge in [-0.05, 0) is 54.5 Å². The first-order chi connectivity index (χ1) is 15.6. The van der Waals surface area contributed by atoms with E-state index < -0.39 is 5.41 Å². The molecular weight excluding hydrogens is 422 g/mol. The van der Waals surface area contributed by atoms with Crippen LogP contribution in [0.5, 0.6) is 5.88 Å².